The summed E-state index contributed by atoms with van der Waals surface area (Å²) in [6, 6.07) is 8.11. The maximum Gasteiger partial charge on any atom is 0.223 e. The quantitative estimate of drug-likeness (QED) is 0.574. The normalized spacial score (nSPS) is 21.4. The summed E-state index contributed by atoms with van der Waals surface area (Å²) in [7, 11) is 0. The van der Waals surface area contributed by atoms with Crippen molar-refractivity contribution in [2.45, 2.75) is 71.4 Å². The number of ether oxygens (including phenoxy) is 1. The second kappa shape index (κ2) is 9.89. The Bertz CT molecular complexity index is 995. The minimum atomic E-state index is -0.228. The molecule has 1 amide bonds. The second-order valence-corrected chi connectivity index (χ2v) is 9.61. The highest BCUT2D eigenvalue weighted by Crippen LogP contribution is 2.39. The van der Waals surface area contributed by atoms with Gasteiger partial charge in [0.15, 0.2) is 5.82 Å². The van der Waals surface area contributed by atoms with Gasteiger partial charge in [-0.15, -0.1) is 5.10 Å². The smallest absolute Gasteiger partial charge is 0.223 e. The lowest BCUT2D eigenvalue weighted by atomic mass is 9.80. The SMILES string of the molecule is CCC/C=N\c1c(C)cc(CC)cc1OC1CC(C(=O)NC2(C)CN(c3cccnn3)C2)C1. The largest absolute Gasteiger partial charge is 0.488 e. The third-order valence-corrected chi connectivity index (χ3v) is 6.52. The number of nitrogens with zero attached hydrogens (tertiary/aromatic N) is 4. The van der Waals surface area contributed by atoms with E-state index in [1.807, 2.05) is 18.3 Å². The van der Waals surface area contributed by atoms with Crippen LogP contribution in [0, 0.1) is 12.8 Å². The first-order valence-corrected chi connectivity index (χ1v) is 12.1. The van der Waals surface area contributed by atoms with Crippen molar-refractivity contribution in [3.63, 3.8) is 0 Å². The summed E-state index contributed by atoms with van der Waals surface area (Å²) in [5.41, 5.74) is 3.07. The standard InChI is InChI=1S/C26H35N5O2/c1-5-7-10-27-24-18(3)12-19(6-2)13-22(24)33-21-14-20(15-21)25(32)29-26(4)16-31(17-26)23-9-8-11-28-30-23/h8-13,20-21H,5-7,14-17H2,1-4H3,(H,29,32)/b27-10-. The molecule has 1 N–H and O–H groups in total. The van der Waals surface area contributed by atoms with Crippen LogP contribution in [0.25, 0.3) is 0 Å². The summed E-state index contributed by atoms with van der Waals surface area (Å²) in [5, 5.41) is 11.3. The van der Waals surface area contributed by atoms with Crippen LogP contribution in [0.15, 0.2) is 35.5 Å². The summed E-state index contributed by atoms with van der Waals surface area (Å²) in [5.74, 6) is 1.81. The number of hydrogen-bond donors (Lipinski definition) is 1. The number of aliphatic imine (C=N–C) groups is 1. The number of aromatic nitrogens is 2. The maximum atomic E-state index is 12.8. The van der Waals surface area contributed by atoms with Crippen molar-refractivity contribution in [1.29, 1.82) is 0 Å². The van der Waals surface area contributed by atoms with Gasteiger partial charge in [0.05, 0.1) is 5.54 Å². The number of benzene rings is 1. The number of carbonyl (C=O) groups excluding carboxylic acids is 1. The molecule has 1 aromatic heterocycles. The first-order chi connectivity index (χ1) is 15.9. The van der Waals surface area contributed by atoms with Gasteiger partial charge in [0.2, 0.25) is 5.91 Å². The first kappa shape index (κ1) is 23.2. The predicted molar refractivity (Wildman–Crippen MR) is 132 cm³/mol. The van der Waals surface area contributed by atoms with Gasteiger partial charge in [-0.2, -0.15) is 5.10 Å². The number of hydrogen-bond acceptors (Lipinski definition) is 6. The van der Waals surface area contributed by atoms with E-state index >= 15 is 0 Å². The van der Waals surface area contributed by atoms with Gasteiger partial charge in [-0.25, -0.2) is 0 Å². The zero-order valence-corrected chi connectivity index (χ0v) is 20.2. The predicted octanol–water partition coefficient (Wildman–Crippen LogP) is 4.40. The Balaban J connectivity index is 1.31. The number of anilines is 1. The fraction of sp³-hybridized carbons (Fsp3) is 0.538. The highest BCUT2D eigenvalue weighted by atomic mass is 16.5. The molecule has 1 aliphatic carbocycles. The van der Waals surface area contributed by atoms with Gasteiger partial charge in [0.25, 0.3) is 0 Å². The number of unbranched alkanes of at least 4 members (excludes halogenated alkanes) is 1. The Morgan fingerprint density at radius 3 is 2.79 bits per heavy atom. The molecule has 4 rings (SSSR count). The van der Waals surface area contributed by atoms with Crippen molar-refractivity contribution in [2.24, 2.45) is 10.9 Å². The summed E-state index contributed by atoms with van der Waals surface area (Å²) in [6.45, 7) is 9.95. The van der Waals surface area contributed by atoms with E-state index < -0.39 is 0 Å². The molecule has 1 saturated heterocycles. The molecule has 0 spiro atoms. The average molecular weight is 450 g/mol. The first-order valence-electron chi connectivity index (χ1n) is 12.1. The minimum absolute atomic E-state index is 0.000102. The zero-order valence-electron chi connectivity index (χ0n) is 20.2. The van der Waals surface area contributed by atoms with Gasteiger partial charge in [-0.3, -0.25) is 9.79 Å². The van der Waals surface area contributed by atoms with Gasteiger partial charge < -0.3 is 15.0 Å². The third-order valence-electron chi connectivity index (χ3n) is 6.52. The van der Waals surface area contributed by atoms with E-state index in [0.29, 0.717) is 0 Å². The van der Waals surface area contributed by atoms with Crippen molar-refractivity contribution >= 4 is 23.6 Å². The van der Waals surface area contributed by atoms with Gasteiger partial charge in [-0.1, -0.05) is 26.3 Å². The molecule has 2 aromatic rings. The van der Waals surface area contributed by atoms with Crippen molar-refractivity contribution < 1.29 is 9.53 Å². The van der Waals surface area contributed by atoms with Crippen molar-refractivity contribution in [1.82, 2.24) is 15.5 Å². The van der Waals surface area contributed by atoms with Crippen LogP contribution in [0.3, 0.4) is 0 Å². The Labute approximate surface area is 196 Å². The topological polar surface area (TPSA) is 79.7 Å². The van der Waals surface area contributed by atoms with Crippen LogP contribution in [0.1, 0.15) is 57.6 Å². The molecular weight excluding hydrogens is 414 g/mol. The van der Waals surface area contributed by atoms with Crippen molar-refractivity contribution in [3.05, 3.63) is 41.6 Å². The van der Waals surface area contributed by atoms with Crippen LogP contribution >= 0.6 is 0 Å². The highest BCUT2D eigenvalue weighted by Gasteiger charge is 2.44. The fourth-order valence-corrected chi connectivity index (χ4v) is 4.52. The molecule has 2 heterocycles. The monoisotopic (exact) mass is 449 g/mol. The molecule has 1 saturated carbocycles. The minimum Gasteiger partial charge on any atom is -0.488 e. The Morgan fingerprint density at radius 1 is 1.33 bits per heavy atom. The van der Waals surface area contributed by atoms with E-state index in [0.717, 1.165) is 68.0 Å². The summed E-state index contributed by atoms with van der Waals surface area (Å²) in [6.07, 6.45) is 8.15. The number of aryl methyl sites for hydroxylation is 2. The van der Waals surface area contributed by atoms with Crippen LogP contribution in [0.5, 0.6) is 5.75 Å². The highest BCUT2D eigenvalue weighted by molar-refractivity contribution is 5.81. The third kappa shape index (κ3) is 5.34. The van der Waals surface area contributed by atoms with E-state index in [2.05, 4.69) is 60.2 Å². The van der Waals surface area contributed by atoms with Gasteiger partial charge in [0, 0.05) is 31.4 Å². The Morgan fingerprint density at radius 2 is 2.12 bits per heavy atom. The maximum absolute atomic E-state index is 12.8. The molecule has 1 aromatic carbocycles. The number of nitrogens with one attached hydrogen (secondary N) is 1. The molecule has 0 atom stereocenters. The van der Waals surface area contributed by atoms with Crippen LogP contribution < -0.4 is 15.0 Å². The zero-order chi connectivity index (χ0) is 23.4. The van der Waals surface area contributed by atoms with E-state index in [4.69, 9.17) is 9.73 Å². The molecular formula is C26H35N5O2. The van der Waals surface area contributed by atoms with Crippen molar-refractivity contribution in [2.75, 3.05) is 18.0 Å². The molecule has 2 fully saturated rings. The molecule has 7 heteroatoms. The van der Waals surface area contributed by atoms with Crippen LogP contribution in [-0.4, -0.2) is 47.1 Å². The number of rotatable bonds is 9. The summed E-state index contributed by atoms with van der Waals surface area (Å²) in [4.78, 5) is 19.7. The molecule has 0 unspecified atom stereocenters. The summed E-state index contributed by atoms with van der Waals surface area (Å²) < 4.78 is 6.34. The molecule has 176 valence electrons. The number of amides is 1. The Hall–Kier alpha value is -2.96. The molecule has 2 aliphatic rings. The lowest BCUT2D eigenvalue weighted by Crippen LogP contribution is -2.70. The van der Waals surface area contributed by atoms with E-state index in [9.17, 15) is 4.79 Å². The molecule has 7 nitrogen and oxygen atoms in total. The Kier molecular flexibility index (Phi) is 6.96. The van der Waals surface area contributed by atoms with E-state index in [1.165, 1.54) is 5.56 Å². The van der Waals surface area contributed by atoms with Crippen LogP contribution in [0.2, 0.25) is 0 Å². The van der Waals surface area contributed by atoms with Crippen molar-refractivity contribution in [3.8, 4) is 5.75 Å². The lowest BCUT2D eigenvalue weighted by Gasteiger charge is -2.49. The molecule has 33 heavy (non-hydrogen) atoms. The molecule has 1 aliphatic heterocycles. The number of carbonyl (C=O) groups is 1. The van der Waals surface area contributed by atoms with Crippen LogP contribution in [-0.2, 0) is 11.2 Å². The van der Waals surface area contributed by atoms with Gasteiger partial charge in [-0.05, 0) is 68.9 Å². The van der Waals surface area contributed by atoms with E-state index in [1.54, 1.807) is 6.20 Å². The van der Waals surface area contributed by atoms with Crippen LogP contribution in [0.4, 0.5) is 11.5 Å². The molecule has 0 bridgehead atoms. The molecule has 0 radical (unpaired) electrons. The summed E-state index contributed by atoms with van der Waals surface area (Å²) >= 11 is 0. The second-order valence-electron chi connectivity index (χ2n) is 9.61. The van der Waals surface area contributed by atoms with Gasteiger partial charge >= 0.3 is 0 Å². The van der Waals surface area contributed by atoms with E-state index in [-0.39, 0.29) is 23.5 Å². The average Bonchev–Trinajstić information content (AvgIpc) is 2.76. The van der Waals surface area contributed by atoms with Gasteiger partial charge in [0.1, 0.15) is 17.5 Å². The fourth-order valence-electron chi connectivity index (χ4n) is 4.52. The lowest BCUT2D eigenvalue weighted by molar-refractivity contribution is -0.132.